The molecule has 3 rings (SSSR count). The first-order valence-corrected chi connectivity index (χ1v) is 9.70. The van der Waals surface area contributed by atoms with Crippen molar-refractivity contribution in [3.63, 3.8) is 0 Å². The highest BCUT2D eigenvalue weighted by molar-refractivity contribution is 5.97. The van der Waals surface area contributed by atoms with Gasteiger partial charge in [0, 0.05) is 25.4 Å². The predicted octanol–water partition coefficient (Wildman–Crippen LogP) is 2.95. The molecule has 0 aromatic carbocycles. The van der Waals surface area contributed by atoms with Crippen LogP contribution in [-0.4, -0.2) is 35.4 Å². The minimum Gasteiger partial charge on any atom is -0.358 e. The number of amidine groups is 2. The van der Waals surface area contributed by atoms with E-state index in [4.69, 9.17) is 15.8 Å². The molecule has 0 aliphatic carbocycles. The Morgan fingerprint density at radius 1 is 1.39 bits per heavy atom. The van der Waals surface area contributed by atoms with Crippen molar-refractivity contribution in [2.45, 2.75) is 40.2 Å². The van der Waals surface area contributed by atoms with Crippen molar-refractivity contribution in [1.82, 2.24) is 20.9 Å². The van der Waals surface area contributed by atoms with Gasteiger partial charge in [-0.15, -0.1) is 0 Å². The number of allylic oxidation sites excluding steroid dienone is 4. The number of aliphatic imine (C=N–C) groups is 1. The van der Waals surface area contributed by atoms with Crippen LogP contribution in [0.2, 0.25) is 0 Å². The van der Waals surface area contributed by atoms with Crippen LogP contribution in [0.4, 0.5) is 0 Å². The lowest BCUT2D eigenvalue weighted by Gasteiger charge is -2.29. The Bertz CT molecular complexity index is 852. The van der Waals surface area contributed by atoms with Gasteiger partial charge in [0.1, 0.15) is 17.5 Å². The third-order valence-electron chi connectivity index (χ3n) is 4.81. The smallest absolute Gasteiger partial charge is 0.123 e. The van der Waals surface area contributed by atoms with Crippen LogP contribution in [0.1, 0.15) is 34.1 Å². The predicted molar refractivity (Wildman–Crippen MR) is 115 cm³/mol. The van der Waals surface area contributed by atoms with Gasteiger partial charge < -0.3 is 26.3 Å². The molecule has 3 heterocycles. The van der Waals surface area contributed by atoms with Crippen molar-refractivity contribution in [1.29, 1.82) is 10.8 Å². The fraction of sp³-hybridized carbons (Fsp3) is 0.381. The molecule has 7 heteroatoms. The fourth-order valence-corrected chi connectivity index (χ4v) is 3.31. The van der Waals surface area contributed by atoms with Crippen LogP contribution >= 0.6 is 0 Å². The summed E-state index contributed by atoms with van der Waals surface area (Å²) in [5, 5.41) is 25.4. The van der Waals surface area contributed by atoms with E-state index in [0.717, 1.165) is 47.3 Å². The molecular formula is C21H29N7. The molecule has 7 nitrogen and oxygen atoms in total. The van der Waals surface area contributed by atoms with Crippen molar-refractivity contribution in [3.8, 4) is 0 Å². The van der Waals surface area contributed by atoms with Crippen molar-refractivity contribution < 1.29 is 0 Å². The standard InChI is InChI=1S/C21H29N7/c1-5-21-25-14(4)12-28(21)16-9-18-17(24-11-16)6-7-20(26-18)27-19(23)8-15(10-22)13(2)3/h6-11,13-14,22,24,26H,5,12H2,1-4H3,(H2,23,27). The lowest BCUT2D eigenvalue weighted by Crippen LogP contribution is -2.37. The van der Waals surface area contributed by atoms with Gasteiger partial charge in [-0.3, -0.25) is 10.4 Å². The number of dihydropyridines is 2. The third kappa shape index (κ3) is 4.24. The van der Waals surface area contributed by atoms with Crippen molar-refractivity contribution >= 4 is 17.9 Å². The van der Waals surface area contributed by atoms with Crippen LogP contribution in [0.5, 0.6) is 0 Å². The molecule has 1 unspecified atom stereocenters. The normalized spacial score (nSPS) is 21.5. The summed E-state index contributed by atoms with van der Waals surface area (Å²) in [6, 6.07) is 0.305. The topological polar surface area (TPSA) is 99.4 Å². The molecule has 5 N–H and O–H groups in total. The molecule has 0 fully saturated rings. The van der Waals surface area contributed by atoms with Gasteiger partial charge in [0.05, 0.1) is 23.1 Å². The second-order valence-electron chi connectivity index (χ2n) is 7.40. The van der Waals surface area contributed by atoms with Crippen molar-refractivity contribution in [2.24, 2.45) is 10.9 Å². The number of nitrogens with one attached hydrogen (secondary N) is 5. The second kappa shape index (κ2) is 8.29. The Morgan fingerprint density at radius 3 is 2.86 bits per heavy atom. The Balaban J connectivity index is 1.71. The number of nitrogens with zero attached hydrogens (tertiary/aromatic N) is 2. The molecule has 0 amide bonds. The van der Waals surface area contributed by atoms with Gasteiger partial charge in [0.25, 0.3) is 0 Å². The molecule has 3 aliphatic heterocycles. The maximum absolute atomic E-state index is 8.17. The number of rotatable bonds is 6. The zero-order chi connectivity index (χ0) is 20.3. The number of fused-ring (bicyclic) bond motifs is 1. The summed E-state index contributed by atoms with van der Waals surface area (Å²) in [5.74, 6) is 2.28. The van der Waals surface area contributed by atoms with Crippen LogP contribution in [0.25, 0.3) is 0 Å². The molecule has 0 radical (unpaired) electrons. The van der Waals surface area contributed by atoms with Crippen LogP contribution in [-0.2, 0) is 0 Å². The summed E-state index contributed by atoms with van der Waals surface area (Å²) < 4.78 is 0. The molecule has 0 spiro atoms. The number of hydrogen-bond acceptors (Lipinski definition) is 6. The minimum absolute atomic E-state index is 0.203. The zero-order valence-electron chi connectivity index (χ0n) is 16.9. The van der Waals surface area contributed by atoms with E-state index in [1.54, 1.807) is 6.08 Å². The fourth-order valence-electron chi connectivity index (χ4n) is 3.31. The summed E-state index contributed by atoms with van der Waals surface area (Å²) in [5.41, 5.74) is 3.82. The van der Waals surface area contributed by atoms with Crippen LogP contribution in [0.15, 0.2) is 64.0 Å². The van der Waals surface area contributed by atoms with Crippen LogP contribution in [0.3, 0.4) is 0 Å². The van der Waals surface area contributed by atoms with E-state index in [0.29, 0.717) is 6.04 Å². The van der Waals surface area contributed by atoms with Gasteiger partial charge >= 0.3 is 0 Å². The molecule has 0 aromatic heterocycles. The van der Waals surface area contributed by atoms with E-state index >= 15 is 0 Å². The molecule has 148 valence electrons. The highest BCUT2D eigenvalue weighted by Crippen LogP contribution is 2.24. The molecule has 1 atom stereocenters. The molecule has 3 aliphatic rings. The van der Waals surface area contributed by atoms with Gasteiger partial charge in [-0.05, 0) is 42.7 Å². The quantitative estimate of drug-likeness (QED) is 0.362. The van der Waals surface area contributed by atoms with E-state index < -0.39 is 0 Å². The average molecular weight is 380 g/mol. The van der Waals surface area contributed by atoms with Crippen LogP contribution < -0.4 is 16.0 Å². The maximum atomic E-state index is 8.17. The Labute approximate surface area is 166 Å². The first kappa shape index (κ1) is 19.7. The van der Waals surface area contributed by atoms with Gasteiger partial charge in [-0.25, -0.2) is 0 Å². The first-order chi connectivity index (χ1) is 13.4. The van der Waals surface area contributed by atoms with Crippen LogP contribution in [0, 0.1) is 16.7 Å². The summed E-state index contributed by atoms with van der Waals surface area (Å²) in [6.45, 7) is 9.17. The third-order valence-corrected chi connectivity index (χ3v) is 4.81. The Kier molecular flexibility index (Phi) is 5.82. The largest absolute Gasteiger partial charge is 0.358 e. The molecule has 0 saturated heterocycles. The molecule has 0 aromatic rings. The van der Waals surface area contributed by atoms with E-state index in [2.05, 4.69) is 40.8 Å². The summed E-state index contributed by atoms with van der Waals surface area (Å²) in [6.07, 6.45) is 11.9. The first-order valence-electron chi connectivity index (χ1n) is 9.70. The zero-order valence-corrected chi connectivity index (χ0v) is 16.9. The highest BCUT2D eigenvalue weighted by Gasteiger charge is 2.25. The molecule has 0 bridgehead atoms. The van der Waals surface area contributed by atoms with Crippen molar-refractivity contribution in [3.05, 3.63) is 59.0 Å². The lowest BCUT2D eigenvalue weighted by molar-refractivity contribution is 0.519. The van der Waals surface area contributed by atoms with E-state index in [1.165, 1.54) is 6.21 Å². The lowest BCUT2D eigenvalue weighted by atomic mass is 10.0. The highest BCUT2D eigenvalue weighted by atomic mass is 15.3. The summed E-state index contributed by atoms with van der Waals surface area (Å²) in [4.78, 5) is 6.95. The van der Waals surface area contributed by atoms with Gasteiger partial charge in [0.2, 0.25) is 0 Å². The Morgan fingerprint density at radius 2 is 2.18 bits per heavy atom. The van der Waals surface area contributed by atoms with E-state index in [1.807, 2.05) is 32.2 Å². The van der Waals surface area contributed by atoms with Gasteiger partial charge in [-0.1, -0.05) is 20.8 Å². The maximum Gasteiger partial charge on any atom is 0.123 e. The van der Waals surface area contributed by atoms with E-state index in [-0.39, 0.29) is 11.8 Å². The minimum atomic E-state index is 0.203. The molecular weight excluding hydrogens is 350 g/mol. The Hall–Kier alpha value is -3.09. The van der Waals surface area contributed by atoms with Gasteiger partial charge in [0.15, 0.2) is 0 Å². The van der Waals surface area contributed by atoms with E-state index in [9.17, 15) is 0 Å². The summed E-state index contributed by atoms with van der Waals surface area (Å²) in [7, 11) is 0. The molecule has 28 heavy (non-hydrogen) atoms. The monoisotopic (exact) mass is 379 g/mol. The SMILES string of the molecule is CCC1=NC(C)CN1C1=CNC2=CC=C(NC(=N)C=C(C=N)C(C)C)NC2=C1. The van der Waals surface area contributed by atoms with Gasteiger partial charge in [-0.2, -0.15) is 0 Å². The van der Waals surface area contributed by atoms with Crippen molar-refractivity contribution in [2.75, 3.05) is 6.54 Å². The molecule has 0 saturated carbocycles. The summed E-state index contributed by atoms with van der Waals surface area (Å²) >= 11 is 0. The number of hydrogen-bond donors (Lipinski definition) is 5. The second-order valence-corrected chi connectivity index (χ2v) is 7.40. The average Bonchev–Trinajstić information content (AvgIpc) is 3.06.